The summed E-state index contributed by atoms with van der Waals surface area (Å²) >= 11 is 0. The summed E-state index contributed by atoms with van der Waals surface area (Å²) in [5.41, 5.74) is 1.39. The quantitative estimate of drug-likeness (QED) is 0.870. The summed E-state index contributed by atoms with van der Waals surface area (Å²) in [6.45, 7) is 1.84. The first-order valence-corrected chi connectivity index (χ1v) is 6.76. The first-order chi connectivity index (χ1) is 9.19. The maximum Gasteiger partial charge on any atom is 0.242 e. The first kappa shape index (κ1) is 13.4. The van der Waals surface area contributed by atoms with Gasteiger partial charge in [0.15, 0.2) is 0 Å². The number of nitrogens with zero attached hydrogens (tertiary/aromatic N) is 1. The van der Waals surface area contributed by atoms with E-state index in [0.29, 0.717) is 11.6 Å². The Hall–Kier alpha value is -2.02. The summed E-state index contributed by atoms with van der Waals surface area (Å²) in [5.74, 6) is 0.0225. The van der Waals surface area contributed by atoms with E-state index in [0.717, 1.165) is 18.5 Å². The van der Waals surface area contributed by atoms with Crippen molar-refractivity contribution >= 4 is 11.6 Å². The lowest BCUT2D eigenvalue weighted by Crippen LogP contribution is -2.42. The Labute approximate surface area is 113 Å². The molecular formula is C15H19N3O. The molecule has 1 aromatic rings. The van der Waals surface area contributed by atoms with E-state index >= 15 is 0 Å². The van der Waals surface area contributed by atoms with Gasteiger partial charge in [0.05, 0.1) is 11.6 Å². The molecule has 19 heavy (non-hydrogen) atoms. The first-order valence-electron chi connectivity index (χ1n) is 6.76. The number of rotatable bonds is 4. The van der Waals surface area contributed by atoms with E-state index in [1.165, 1.54) is 12.8 Å². The number of carbonyl (C=O) groups excluding carboxylic acids is 1. The second kappa shape index (κ2) is 6.24. The van der Waals surface area contributed by atoms with Crippen LogP contribution in [0.2, 0.25) is 0 Å². The van der Waals surface area contributed by atoms with E-state index in [1.807, 2.05) is 19.1 Å². The van der Waals surface area contributed by atoms with Gasteiger partial charge in [-0.25, -0.2) is 0 Å². The van der Waals surface area contributed by atoms with Crippen LogP contribution in [0.3, 0.4) is 0 Å². The molecule has 0 spiro atoms. The van der Waals surface area contributed by atoms with Gasteiger partial charge in [0.1, 0.15) is 6.04 Å². The zero-order chi connectivity index (χ0) is 13.7. The van der Waals surface area contributed by atoms with E-state index in [9.17, 15) is 4.79 Å². The molecule has 0 heterocycles. The zero-order valence-electron chi connectivity index (χ0n) is 11.1. The molecule has 4 heteroatoms. The fraction of sp³-hybridized carbons (Fsp3) is 0.467. The zero-order valence-corrected chi connectivity index (χ0v) is 11.1. The van der Waals surface area contributed by atoms with Gasteiger partial charge in [-0.1, -0.05) is 18.9 Å². The van der Waals surface area contributed by atoms with Crippen LogP contribution >= 0.6 is 0 Å². The molecule has 0 bridgehead atoms. The second-order valence-corrected chi connectivity index (χ2v) is 5.05. The van der Waals surface area contributed by atoms with Crippen molar-refractivity contribution in [2.75, 3.05) is 5.32 Å². The van der Waals surface area contributed by atoms with Crippen LogP contribution in [0.15, 0.2) is 24.3 Å². The van der Waals surface area contributed by atoms with Crippen LogP contribution in [-0.4, -0.2) is 18.0 Å². The summed E-state index contributed by atoms with van der Waals surface area (Å²) < 4.78 is 0. The summed E-state index contributed by atoms with van der Waals surface area (Å²) in [5, 5.41) is 15.0. The number of nitriles is 1. The highest BCUT2D eigenvalue weighted by Crippen LogP contribution is 2.18. The molecule has 1 aliphatic carbocycles. The number of amides is 1. The lowest BCUT2D eigenvalue weighted by molar-refractivity contribution is -0.122. The minimum atomic E-state index is -0.297. The second-order valence-electron chi connectivity index (χ2n) is 5.05. The molecule has 1 unspecified atom stereocenters. The highest BCUT2D eigenvalue weighted by atomic mass is 16.2. The summed E-state index contributed by atoms with van der Waals surface area (Å²) in [7, 11) is 0. The lowest BCUT2D eigenvalue weighted by atomic mass is 10.2. The highest BCUT2D eigenvalue weighted by Gasteiger charge is 2.20. The molecule has 0 aromatic heterocycles. The van der Waals surface area contributed by atoms with Gasteiger partial charge >= 0.3 is 0 Å². The molecule has 1 aliphatic rings. The smallest absolute Gasteiger partial charge is 0.242 e. The minimum absolute atomic E-state index is 0.0225. The molecule has 0 aliphatic heterocycles. The van der Waals surface area contributed by atoms with Gasteiger partial charge in [-0.15, -0.1) is 0 Å². The van der Waals surface area contributed by atoms with Crippen LogP contribution in [0.25, 0.3) is 0 Å². The number of hydrogen-bond acceptors (Lipinski definition) is 3. The maximum atomic E-state index is 12.0. The van der Waals surface area contributed by atoms with Crippen molar-refractivity contribution < 1.29 is 4.79 Å². The third kappa shape index (κ3) is 3.72. The number of benzene rings is 1. The van der Waals surface area contributed by atoms with E-state index < -0.39 is 0 Å². The highest BCUT2D eigenvalue weighted by molar-refractivity contribution is 5.84. The Morgan fingerprint density at radius 2 is 2.16 bits per heavy atom. The van der Waals surface area contributed by atoms with E-state index in [4.69, 9.17) is 5.26 Å². The summed E-state index contributed by atoms with van der Waals surface area (Å²) in [4.78, 5) is 12.0. The molecule has 1 atom stereocenters. The van der Waals surface area contributed by atoms with Gasteiger partial charge in [0, 0.05) is 11.7 Å². The van der Waals surface area contributed by atoms with Gasteiger partial charge in [-0.3, -0.25) is 4.79 Å². The van der Waals surface area contributed by atoms with Crippen molar-refractivity contribution in [3.63, 3.8) is 0 Å². The topological polar surface area (TPSA) is 64.9 Å². The Balaban J connectivity index is 1.90. The summed E-state index contributed by atoms with van der Waals surface area (Å²) in [6.07, 6.45) is 4.58. The number of nitrogens with one attached hydrogen (secondary N) is 2. The third-order valence-electron chi connectivity index (χ3n) is 3.47. The summed E-state index contributed by atoms with van der Waals surface area (Å²) in [6, 6.07) is 9.29. The standard InChI is InChI=1S/C15H19N3O/c1-11(15(19)18-13-6-2-3-7-13)17-14-8-4-5-12(9-14)10-16/h4-5,8-9,11,13,17H,2-3,6-7H2,1H3,(H,18,19). The number of carbonyl (C=O) groups is 1. The molecule has 1 aromatic carbocycles. The third-order valence-corrected chi connectivity index (χ3v) is 3.47. The molecule has 4 nitrogen and oxygen atoms in total. The normalized spacial score (nSPS) is 16.6. The molecule has 1 amide bonds. The van der Waals surface area contributed by atoms with Crippen molar-refractivity contribution in [3.8, 4) is 6.07 Å². The lowest BCUT2D eigenvalue weighted by Gasteiger charge is -2.18. The SMILES string of the molecule is CC(Nc1cccc(C#N)c1)C(=O)NC1CCCC1. The van der Waals surface area contributed by atoms with Crippen molar-refractivity contribution in [1.82, 2.24) is 5.32 Å². The van der Waals surface area contributed by atoms with E-state index in [1.54, 1.807) is 12.1 Å². The van der Waals surface area contributed by atoms with Crippen molar-refractivity contribution in [1.29, 1.82) is 5.26 Å². The van der Waals surface area contributed by atoms with E-state index in [-0.39, 0.29) is 11.9 Å². The van der Waals surface area contributed by atoms with Crippen LogP contribution in [-0.2, 0) is 4.79 Å². The van der Waals surface area contributed by atoms with Crippen LogP contribution in [0.4, 0.5) is 5.69 Å². The Kier molecular flexibility index (Phi) is 4.40. The molecule has 0 saturated heterocycles. The minimum Gasteiger partial charge on any atom is -0.374 e. The average molecular weight is 257 g/mol. The molecule has 0 radical (unpaired) electrons. The van der Waals surface area contributed by atoms with Crippen LogP contribution in [0.1, 0.15) is 38.2 Å². The van der Waals surface area contributed by atoms with Gasteiger partial charge in [-0.2, -0.15) is 5.26 Å². The monoisotopic (exact) mass is 257 g/mol. The van der Waals surface area contributed by atoms with E-state index in [2.05, 4.69) is 16.7 Å². The molecule has 2 rings (SSSR count). The maximum absolute atomic E-state index is 12.0. The largest absolute Gasteiger partial charge is 0.374 e. The van der Waals surface area contributed by atoms with Crippen molar-refractivity contribution in [2.24, 2.45) is 0 Å². The average Bonchev–Trinajstić information content (AvgIpc) is 2.91. The molecule has 1 saturated carbocycles. The number of hydrogen-bond donors (Lipinski definition) is 2. The molecular weight excluding hydrogens is 238 g/mol. The van der Waals surface area contributed by atoms with Crippen LogP contribution in [0.5, 0.6) is 0 Å². The predicted molar refractivity (Wildman–Crippen MR) is 74.6 cm³/mol. The van der Waals surface area contributed by atoms with Gasteiger partial charge in [0.2, 0.25) is 5.91 Å². The molecule has 2 N–H and O–H groups in total. The van der Waals surface area contributed by atoms with Crippen molar-refractivity contribution in [2.45, 2.75) is 44.7 Å². The fourth-order valence-electron chi connectivity index (χ4n) is 2.39. The fourth-order valence-corrected chi connectivity index (χ4v) is 2.39. The Bertz CT molecular complexity index is 486. The van der Waals surface area contributed by atoms with Crippen LogP contribution < -0.4 is 10.6 Å². The van der Waals surface area contributed by atoms with Crippen molar-refractivity contribution in [3.05, 3.63) is 29.8 Å². The van der Waals surface area contributed by atoms with Gasteiger partial charge in [-0.05, 0) is 38.0 Å². The van der Waals surface area contributed by atoms with Gasteiger partial charge in [0.25, 0.3) is 0 Å². The van der Waals surface area contributed by atoms with Gasteiger partial charge < -0.3 is 10.6 Å². The van der Waals surface area contributed by atoms with Crippen LogP contribution in [0, 0.1) is 11.3 Å². The molecule has 1 fully saturated rings. The number of anilines is 1. The Morgan fingerprint density at radius 3 is 2.84 bits per heavy atom. The Morgan fingerprint density at radius 1 is 1.42 bits per heavy atom. The molecule has 100 valence electrons. The predicted octanol–water partition coefficient (Wildman–Crippen LogP) is 2.42.